The minimum Gasteiger partial charge on any atom is -0.474 e. The van der Waals surface area contributed by atoms with E-state index in [-0.39, 0.29) is 23.0 Å². The van der Waals surface area contributed by atoms with E-state index in [0.717, 1.165) is 17.7 Å². The van der Waals surface area contributed by atoms with Gasteiger partial charge in [-0.3, -0.25) is 5.32 Å². The summed E-state index contributed by atoms with van der Waals surface area (Å²) in [4.78, 5) is 20.7. The minimum absolute atomic E-state index is 0.0446. The minimum atomic E-state index is -0.692. The van der Waals surface area contributed by atoms with Crippen molar-refractivity contribution in [1.82, 2.24) is 9.97 Å². The zero-order valence-electron chi connectivity index (χ0n) is 17.8. The maximum atomic E-state index is 15.3. The number of carbonyl (C=O) groups is 1. The summed E-state index contributed by atoms with van der Waals surface area (Å²) in [5.41, 5.74) is 8.44. The molecule has 1 amide bonds. The number of rotatable bonds is 3. The Morgan fingerprint density at radius 3 is 2.94 bits per heavy atom. The van der Waals surface area contributed by atoms with Gasteiger partial charge in [-0.15, -0.1) is 0 Å². The van der Waals surface area contributed by atoms with Crippen LogP contribution < -0.4 is 21.1 Å². The number of aromatic nitrogens is 2. The number of anilines is 3. The molecule has 1 saturated carbocycles. The van der Waals surface area contributed by atoms with Crippen LogP contribution in [0.1, 0.15) is 18.4 Å². The van der Waals surface area contributed by atoms with Crippen molar-refractivity contribution in [2.45, 2.75) is 25.9 Å². The van der Waals surface area contributed by atoms with E-state index in [1.165, 1.54) is 6.20 Å². The number of fused-ring (bicyclic) bond motifs is 2. The van der Waals surface area contributed by atoms with Gasteiger partial charge in [-0.25, -0.2) is 19.2 Å². The number of pyridine rings is 2. The van der Waals surface area contributed by atoms with Gasteiger partial charge in [0.25, 0.3) is 0 Å². The lowest BCUT2D eigenvalue weighted by Crippen LogP contribution is -2.36. The monoisotopic (exact) mass is 448 g/mol. The molecule has 168 valence electrons. The molecule has 2 aliphatic rings. The lowest BCUT2D eigenvalue weighted by Gasteiger charge is -2.30. The molecule has 1 aliphatic heterocycles. The standard InChI is InChI=1S/C23H21FN6O3/c1-11-15(9-29-22-21(11)27-4-5-32-22)14-6-13-7-18(28-10-16(13)20(26)19(14)24)30-23(31)33-17-3-2-12(17)8-25/h6-7,9-10,12,17,27H,2-5,26H2,1H3,(H,28,30,31). The fourth-order valence-electron chi connectivity index (χ4n) is 4.08. The highest BCUT2D eigenvalue weighted by Gasteiger charge is 2.34. The number of nitrogens with two attached hydrogens (primary N) is 1. The van der Waals surface area contributed by atoms with Crippen molar-refractivity contribution in [1.29, 1.82) is 5.26 Å². The average molecular weight is 448 g/mol. The maximum Gasteiger partial charge on any atom is 0.413 e. The summed E-state index contributed by atoms with van der Waals surface area (Å²) < 4.78 is 26.1. The van der Waals surface area contributed by atoms with Crippen LogP contribution in [0.25, 0.3) is 21.9 Å². The van der Waals surface area contributed by atoms with Crippen LogP contribution in [0.3, 0.4) is 0 Å². The van der Waals surface area contributed by atoms with E-state index in [1.54, 1.807) is 18.3 Å². The topological polar surface area (TPSA) is 135 Å². The fraction of sp³-hybridized carbons (Fsp3) is 0.304. The average Bonchev–Trinajstić information content (AvgIpc) is 2.80. The van der Waals surface area contributed by atoms with Crippen molar-refractivity contribution in [3.63, 3.8) is 0 Å². The number of nitrogen functional groups attached to an aromatic ring is 1. The summed E-state index contributed by atoms with van der Waals surface area (Å²) in [6, 6.07) is 5.36. The van der Waals surface area contributed by atoms with Crippen LogP contribution in [0.15, 0.2) is 24.5 Å². The molecule has 2 aromatic heterocycles. The summed E-state index contributed by atoms with van der Waals surface area (Å²) in [6.07, 6.45) is 3.24. The second-order valence-electron chi connectivity index (χ2n) is 8.08. The number of nitriles is 1. The number of amides is 1. The van der Waals surface area contributed by atoms with Crippen LogP contribution in [0, 0.1) is 30.0 Å². The highest BCUT2D eigenvalue weighted by atomic mass is 19.1. The summed E-state index contributed by atoms with van der Waals surface area (Å²) in [5.74, 6) is -0.138. The smallest absolute Gasteiger partial charge is 0.413 e. The van der Waals surface area contributed by atoms with Crippen LogP contribution in [0.4, 0.5) is 26.4 Å². The zero-order valence-corrected chi connectivity index (χ0v) is 17.8. The Morgan fingerprint density at radius 1 is 1.33 bits per heavy atom. The number of nitrogens with zero attached hydrogens (tertiary/aromatic N) is 3. The zero-order chi connectivity index (χ0) is 23.1. The summed E-state index contributed by atoms with van der Waals surface area (Å²) in [6.45, 7) is 3.01. The summed E-state index contributed by atoms with van der Waals surface area (Å²) >= 11 is 0. The highest BCUT2D eigenvalue weighted by Crippen LogP contribution is 2.39. The molecule has 4 N–H and O–H groups in total. The Kier molecular flexibility index (Phi) is 5.09. The van der Waals surface area contributed by atoms with E-state index in [0.29, 0.717) is 41.8 Å². The number of hydrogen-bond acceptors (Lipinski definition) is 8. The number of hydrogen-bond donors (Lipinski definition) is 3. The number of benzene rings is 1. The van der Waals surface area contributed by atoms with Gasteiger partial charge >= 0.3 is 6.09 Å². The Bertz CT molecular complexity index is 1320. The van der Waals surface area contributed by atoms with Crippen molar-refractivity contribution in [3.8, 4) is 23.1 Å². The third kappa shape index (κ3) is 3.61. The molecular formula is C23H21FN6O3. The normalized spacial score (nSPS) is 18.8. The first-order valence-corrected chi connectivity index (χ1v) is 10.6. The Labute approximate surface area is 188 Å². The molecule has 33 heavy (non-hydrogen) atoms. The largest absolute Gasteiger partial charge is 0.474 e. The maximum absolute atomic E-state index is 15.3. The van der Waals surface area contributed by atoms with Gasteiger partial charge < -0.3 is 20.5 Å². The second kappa shape index (κ2) is 8.09. The molecule has 10 heteroatoms. The Morgan fingerprint density at radius 2 is 2.18 bits per heavy atom. The molecule has 2 unspecified atom stereocenters. The summed E-state index contributed by atoms with van der Waals surface area (Å²) in [5, 5.41) is 15.8. The molecule has 0 radical (unpaired) electrons. The van der Waals surface area contributed by atoms with E-state index in [9.17, 15) is 4.79 Å². The van der Waals surface area contributed by atoms with Crippen LogP contribution in [-0.4, -0.2) is 35.3 Å². The van der Waals surface area contributed by atoms with E-state index < -0.39 is 18.0 Å². The van der Waals surface area contributed by atoms with Crippen LogP contribution in [-0.2, 0) is 4.74 Å². The number of halogens is 1. The molecule has 9 nitrogen and oxygen atoms in total. The molecule has 1 aliphatic carbocycles. The van der Waals surface area contributed by atoms with Gasteiger partial charge in [0.15, 0.2) is 5.82 Å². The van der Waals surface area contributed by atoms with Gasteiger partial charge in [-0.2, -0.15) is 5.26 Å². The van der Waals surface area contributed by atoms with Gasteiger partial charge in [0.05, 0.1) is 17.7 Å². The third-order valence-electron chi connectivity index (χ3n) is 6.10. The molecule has 3 aromatic rings. The Balaban J connectivity index is 1.48. The number of ether oxygens (including phenoxy) is 2. The first-order chi connectivity index (χ1) is 16.0. The van der Waals surface area contributed by atoms with Crippen LogP contribution in [0.5, 0.6) is 5.88 Å². The third-order valence-corrected chi connectivity index (χ3v) is 6.10. The van der Waals surface area contributed by atoms with Crippen molar-refractivity contribution in [2.24, 2.45) is 5.92 Å². The quantitative estimate of drug-likeness (QED) is 0.512. The van der Waals surface area contributed by atoms with Gasteiger partial charge in [0.2, 0.25) is 5.88 Å². The fourth-order valence-corrected chi connectivity index (χ4v) is 4.08. The van der Waals surface area contributed by atoms with Crippen molar-refractivity contribution in [3.05, 3.63) is 35.9 Å². The number of nitrogens with one attached hydrogen (secondary N) is 2. The van der Waals surface area contributed by atoms with E-state index >= 15 is 4.39 Å². The molecular weight excluding hydrogens is 427 g/mol. The first kappa shape index (κ1) is 20.8. The molecule has 1 fully saturated rings. The number of carbonyl (C=O) groups excluding carboxylic acids is 1. The van der Waals surface area contributed by atoms with E-state index in [4.69, 9.17) is 20.5 Å². The molecule has 0 saturated heterocycles. The molecule has 2 atom stereocenters. The predicted molar refractivity (Wildman–Crippen MR) is 120 cm³/mol. The van der Waals surface area contributed by atoms with Gasteiger partial charge in [0.1, 0.15) is 24.2 Å². The van der Waals surface area contributed by atoms with Gasteiger partial charge in [-0.05, 0) is 42.8 Å². The lowest BCUT2D eigenvalue weighted by molar-refractivity contribution is 0.0323. The van der Waals surface area contributed by atoms with E-state index in [1.807, 2.05) is 6.92 Å². The van der Waals surface area contributed by atoms with Crippen LogP contribution in [0.2, 0.25) is 0 Å². The Hall–Kier alpha value is -4.13. The van der Waals surface area contributed by atoms with Gasteiger partial charge in [-0.1, -0.05) is 0 Å². The van der Waals surface area contributed by atoms with Gasteiger partial charge in [0, 0.05) is 35.5 Å². The first-order valence-electron chi connectivity index (χ1n) is 10.6. The lowest BCUT2D eigenvalue weighted by atomic mass is 9.83. The second-order valence-corrected chi connectivity index (χ2v) is 8.08. The highest BCUT2D eigenvalue weighted by molar-refractivity contribution is 5.99. The van der Waals surface area contributed by atoms with Crippen molar-refractivity contribution in [2.75, 3.05) is 29.5 Å². The molecule has 1 aromatic carbocycles. The summed E-state index contributed by atoms with van der Waals surface area (Å²) in [7, 11) is 0. The molecule has 0 bridgehead atoms. The van der Waals surface area contributed by atoms with Crippen molar-refractivity contribution >= 4 is 34.1 Å². The van der Waals surface area contributed by atoms with Crippen LogP contribution >= 0.6 is 0 Å². The molecule has 0 spiro atoms. The SMILES string of the molecule is Cc1c(-c2cc3cc(NC(=O)OC4CCC4C#N)ncc3c(N)c2F)cnc2c1NCCO2. The molecule has 5 rings (SSSR count). The predicted octanol–water partition coefficient (Wildman–Crippen LogP) is 3.98. The van der Waals surface area contributed by atoms with Crippen molar-refractivity contribution < 1.29 is 18.7 Å². The van der Waals surface area contributed by atoms with E-state index in [2.05, 4.69) is 26.7 Å². The molecule has 3 heterocycles.